The van der Waals surface area contributed by atoms with Gasteiger partial charge < -0.3 is 9.15 Å². The number of benzene rings is 2. The van der Waals surface area contributed by atoms with E-state index in [1.807, 2.05) is 0 Å². The molecule has 1 aliphatic heterocycles. The Balaban J connectivity index is 1.70. The Morgan fingerprint density at radius 3 is 2.56 bits per heavy atom. The molecule has 0 bridgehead atoms. The molecule has 0 fully saturated rings. The van der Waals surface area contributed by atoms with E-state index in [1.54, 1.807) is 48.5 Å². The van der Waals surface area contributed by atoms with E-state index in [9.17, 15) is 14.4 Å². The first kappa shape index (κ1) is 22.0. The minimum absolute atomic E-state index is 0.00801. The van der Waals surface area contributed by atoms with Crippen LogP contribution in [-0.2, 0) is 11.2 Å². The van der Waals surface area contributed by atoms with Gasteiger partial charge >= 0.3 is 5.97 Å². The van der Waals surface area contributed by atoms with Gasteiger partial charge in [-0.1, -0.05) is 49.4 Å². The van der Waals surface area contributed by atoms with E-state index < -0.39 is 17.9 Å². The molecule has 0 saturated heterocycles. The summed E-state index contributed by atoms with van der Waals surface area (Å²) in [7, 11) is 1.31. The fourth-order valence-electron chi connectivity index (χ4n) is 4.13. The second-order valence-corrected chi connectivity index (χ2v) is 9.48. The van der Waals surface area contributed by atoms with Crippen LogP contribution < -0.4 is 10.3 Å². The third-order valence-electron chi connectivity index (χ3n) is 5.67. The number of esters is 1. The maximum absolute atomic E-state index is 13.6. The molecule has 1 aliphatic rings. The number of nitrogens with zero attached hydrogens (tertiary/aromatic N) is 3. The highest BCUT2D eigenvalue weighted by atomic mass is 32.1. The predicted octanol–water partition coefficient (Wildman–Crippen LogP) is 4.38. The Kier molecular flexibility index (Phi) is 5.49. The van der Waals surface area contributed by atoms with Crippen molar-refractivity contribution in [3.63, 3.8) is 0 Å². The lowest BCUT2D eigenvalue weighted by Gasteiger charge is -2.22. The van der Waals surface area contributed by atoms with Gasteiger partial charge in [0.05, 0.1) is 29.7 Å². The van der Waals surface area contributed by atoms with E-state index >= 15 is 0 Å². The van der Waals surface area contributed by atoms with Crippen LogP contribution in [0.1, 0.15) is 56.9 Å². The number of amides is 1. The smallest absolute Gasteiger partial charge is 0.337 e. The summed E-state index contributed by atoms with van der Waals surface area (Å²) >= 11 is 1.32. The molecule has 1 amide bonds. The van der Waals surface area contributed by atoms with Crippen molar-refractivity contribution in [2.24, 2.45) is 5.92 Å². The number of hydrogen-bond acceptors (Lipinski definition) is 8. The number of aromatic nitrogens is 2. The van der Waals surface area contributed by atoms with Crippen LogP contribution in [0.3, 0.4) is 0 Å². The quantitative estimate of drug-likeness (QED) is 0.395. The first-order valence-corrected chi connectivity index (χ1v) is 11.6. The number of methoxy groups -OCH3 is 1. The Hall–Kier alpha value is -3.85. The van der Waals surface area contributed by atoms with Crippen molar-refractivity contribution in [1.82, 2.24) is 10.2 Å². The lowest BCUT2D eigenvalue weighted by Crippen LogP contribution is -2.29. The van der Waals surface area contributed by atoms with Crippen LogP contribution in [0.4, 0.5) is 5.13 Å². The molecule has 4 aromatic rings. The topological polar surface area (TPSA) is 103 Å². The molecule has 1 atom stereocenters. The first-order valence-electron chi connectivity index (χ1n) is 10.8. The van der Waals surface area contributed by atoms with Crippen LogP contribution in [0.15, 0.2) is 57.7 Å². The Morgan fingerprint density at radius 1 is 1.12 bits per heavy atom. The third-order valence-corrected chi connectivity index (χ3v) is 6.62. The predicted molar refractivity (Wildman–Crippen MR) is 127 cm³/mol. The van der Waals surface area contributed by atoms with Crippen molar-refractivity contribution >= 4 is 39.3 Å². The van der Waals surface area contributed by atoms with Crippen molar-refractivity contribution in [2.45, 2.75) is 26.3 Å². The summed E-state index contributed by atoms with van der Waals surface area (Å²) in [4.78, 5) is 40.5. The van der Waals surface area contributed by atoms with Crippen molar-refractivity contribution in [1.29, 1.82) is 0 Å². The van der Waals surface area contributed by atoms with Crippen molar-refractivity contribution in [3.05, 3.63) is 86.2 Å². The number of rotatable bonds is 5. The molecule has 0 spiro atoms. The largest absolute Gasteiger partial charge is 0.465 e. The standard InChI is InChI=1S/C25H21N3O5S/c1-13(2)12-18-26-27-25(34-18)28-20(14-8-10-15(11-9-14)24(31)32-3)19-21(29)16-6-4-5-7-17(16)33-22(19)23(28)30/h4-11,13,20H,12H2,1-3H3/t20-/m1/s1. The molecule has 3 heterocycles. The molecule has 34 heavy (non-hydrogen) atoms. The molecule has 8 nitrogen and oxygen atoms in total. The Bertz CT molecular complexity index is 1470. The number of hydrogen-bond donors (Lipinski definition) is 0. The van der Waals surface area contributed by atoms with Gasteiger partial charge in [0.15, 0.2) is 5.43 Å². The fraction of sp³-hybridized carbons (Fsp3) is 0.240. The van der Waals surface area contributed by atoms with E-state index in [4.69, 9.17) is 9.15 Å². The van der Waals surface area contributed by atoms with Crippen LogP contribution >= 0.6 is 11.3 Å². The summed E-state index contributed by atoms with van der Waals surface area (Å²) in [6.07, 6.45) is 0.728. The summed E-state index contributed by atoms with van der Waals surface area (Å²) < 4.78 is 10.7. The van der Waals surface area contributed by atoms with Crippen LogP contribution in [0.25, 0.3) is 11.0 Å². The summed E-state index contributed by atoms with van der Waals surface area (Å²) in [5.41, 5.74) is 1.32. The Morgan fingerprint density at radius 2 is 1.85 bits per heavy atom. The van der Waals surface area contributed by atoms with Gasteiger partial charge in [0, 0.05) is 6.42 Å². The van der Waals surface area contributed by atoms with Crippen molar-refractivity contribution in [3.8, 4) is 0 Å². The summed E-state index contributed by atoms with van der Waals surface area (Å²) in [5.74, 6) is -0.555. The minimum Gasteiger partial charge on any atom is -0.465 e. The molecular formula is C25H21N3O5S. The molecule has 2 aromatic carbocycles. The van der Waals surface area contributed by atoms with E-state index in [2.05, 4.69) is 24.0 Å². The fourth-order valence-corrected chi connectivity index (χ4v) is 5.20. The van der Waals surface area contributed by atoms with Crippen molar-refractivity contribution < 1.29 is 18.7 Å². The van der Waals surface area contributed by atoms with Crippen LogP contribution in [0, 0.1) is 5.92 Å². The molecule has 5 rings (SSSR count). The molecule has 0 saturated carbocycles. The molecule has 0 radical (unpaired) electrons. The van der Waals surface area contributed by atoms with Crippen LogP contribution in [0.2, 0.25) is 0 Å². The van der Waals surface area contributed by atoms with Gasteiger partial charge in [0.2, 0.25) is 10.9 Å². The van der Waals surface area contributed by atoms with E-state index in [0.29, 0.717) is 33.1 Å². The highest BCUT2D eigenvalue weighted by molar-refractivity contribution is 7.15. The maximum Gasteiger partial charge on any atom is 0.337 e. The normalized spacial score (nSPS) is 15.2. The molecule has 0 unspecified atom stereocenters. The van der Waals surface area contributed by atoms with Gasteiger partial charge in [0.25, 0.3) is 5.91 Å². The number of carbonyl (C=O) groups excluding carboxylic acids is 2. The average molecular weight is 476 g/mol. The van der Waals surface area contributed by atoms with Gasteiger partial charge in [-0.25, -0.2) is 4.79 Å². The molecular weight excluding hydrogens is 454 g/mol. The van der Waals surface area contributed by atoms with Gasteiger partial charge in [-0.15, -0.1) is 10.2 Å². The highest BCUT2D eigenvalue weighted by Gasteiger charge is 2.45. The number of fused-ring (bicyclic) bond motifs is 2. The number of anilines is 1. The van der Waals surface area contributed by atoms with E-state index in [0.717, 1.165) is 11.4 Å². The highest BCUT2D eigenvalue weighted by Crippen LogP contribution is 2.42. The lowest BCUT2D eigenvalue weighted by molar-refractivity contribution is 0.0600. The average Bonchev–Trinajstić information content (AvgIpc) is 3.40. The Labute approximate surface area is 198 Å². The molecule has 0 N–H and O–H groups in total. The minimum atomic E-state index is -0.769. The third kappa shape index (κ3) is 3.58. The summed E-state index contributed by atoms with van der Waals surface area (Å²) in [5, 5.41) is 10.1. The summed E-state index contributed by atoms with van der Waals surface area (Å²) in [6.45, 7) is 4.16. The summed E-state index contributed by atoms with van der Waals surface area (Å²) in [6, 6.07) is 12.7. The van der Waals surface area contributed by atoms with Gasteiger partial charge in [0.1, 0.15) is 10.6 Å². The van der Waals surface area contributed by atoms with E-state index in [1.165, 1.54) is 23.3 Å². The van der Waals surface area contributed by atoms with Crippen LogP contribution in [-0.4, -0.2) is 29.2 Å². The number of para-hydroxylation sites is 1. The zero-order chi connectivity index (χ0) is 24.0. The molecule has 2 aromatic heterocycles. The van der Waals surface area contributed by atoms with Gasteiger partial charge in [-0.05, 0) is 35.7 Å². The first-order chi connectivity index (χ1) is 16.4. The van der Waals surface area contributed by atoms with Crippen molar-refractivity contribution in [2.75, 3.05) is 12.0 Å². The maximum atomic E-state index is 13.6. The zero-order valence-corrected chi connectivity index (χ0v) is 19.6. The van der Waals surface area contributed by atoms with Gasteiger partial charge in [-0.3, -0.25) is 14.5 Å². The second kappa shape index (κ2) is 8.49. The van der Waals surface area contributed by atoms with Gasteiger partial charge in [-0.2, -0.15) is 0 Å². The second-order valence-electron chi connectivity index (χ2n) is 8.44. The molecule has 0 aliphatic carbocycles. The van der Waals surface area contributed by atoms with Crippen LogP contribution in [0.5, 0.6) is 0 Å². The number of carbonyl (C=O) groups is 2. The van der Waals surface area contributed by atoms with E-state index in [-0.39, 0.29) is 16.8 Å². The number of ether oxygens (including phenoxy) is 1. The monoisotopic (exact) mass is 475 g/mol. The zero-order valence-electron chi connectivity index (χ0n) is 18.8. The molecule has 172 valence electrons. The SMILES string of the molecule is COC(=O)c1ccc([C@@H]2c3c(oc4ccccc4c3=O)C(=O)N2c2nnc(CC(C)C)s2)cc1. The lowest BCUT2D eigenvalue weighted by atomic mass is 9.98. The molecule has 9 heteroatoms.